The highest BCUT2D eigenvalue weighted by Crippen LogP contribution is 2.32. The summed E-state index contributed by atoms with van der Waals surface area (Å²) in [6.45, 7) is 2.05. The van der Waals surface area contributed by atoms with E-state index in [1.165, 1.54) is 18.2 Å². The Kier molecular flexibility index (Phi) is 6.52. The number of sulfonamides is 1. The van der Waals surface area contributed by atoms with Gasteiger partial charge in [-0.05, 0) is 48.9 Å². The van der Waals surface area contributed by atoms with Crippen LogP contribution in [0, 0.1) is 0 Å². The van der Waals surface area contributed by atoms with E-state index < -0.39 is 10.0 Å². The fourth-order valence-electron chi connectivity index (χ4n) is 3.50. The molecule has 3 aromatic rings. The number of carbonyl (C=O) groups excluding carboxylic acids is 1. The lowest BCUT2D eigenvalue weighted by molar-refractivity contribution is 0.0939. The third-order valence-electron chi connectivity index (χ3n) is 5.26. The molecule has 1 aliphatic heterocycles. The number of nitrogens with one attached hydrogen (secondary N) is 2. The Bertz CT molecular complexity index is 1280. The van der Waals surface area contributed by atoms with Gasteiger partial charge in [-0.2, -0.15) is 0 Å². The second-order valence-electron chi connectivity index (χ2n) is 7.48. The van der Waals surface area contributed by atoms with Gasteiger partial charge in [0.05, 0.1) is 18.0 Å². The Morgan fingerprint density at radius 3 is 2.64 bits per heavy atom. The van der Waals surface area contributed by atoms with Crippen molar-refractivity contribution >= 4 is 15.9 Å². The first-order valence-electron chi connectivity index (χ1n) is 10.3. The molecule has 0 aromatic heterocycles. The highest BCUT2D eigenvalue weighted by molar-refractivity contribution is 7.89. The summed E-state index contributed by atoms with van der Waals surface area (Å²) in [5.41, 5.74) is 1.78. The van der Waals surface area contributed by atoms with E-state index >= 15 is 0 Å². The summed E-state index contributed by atoms with van der Waals surface area (Å²) in [7, 11) is -2.27. The van der Waals surface area contributed by atoms with E-state index in [9.17, 15) is 13.2 Å². The van der Waals surface area contributed by atoms with Crippen molar-refractivity contribution in [3.05, 3.63) is 83.4 Å². The topological polar surface area (TPSA) is 103 Å². The second-order valence-corrected chi connectivity index (χ2v) is 9.24. The molecule has 0 radical (unpaired) electrons. The molecule has 0 saturated heterocycles. The minimum absolute atomic E-state index is 0.000776. The summed E-state index contributed by atoms with van der Waals surface area (Å²) < 4.78 is 44.2. The van der Waals surface area contributed by atoms with Gasteiger partial charge in [-0.1, -0.05) is 30.3 Å². The van der Waals surface area contributed by atoms with Crippen LogP contribution in [0.1, 0.15) is 34.5 Å². The van der Waals surface area contributed by atoms with Gasteiger partial charge in [0, 0.05) is 17.7 Å². The number of carbonyl (C=O) groups is 1. The lowest BCUT2D eigenvalue weighted by Gasteiger charge is -2.17. The Morgan fingerprint density at radius 1 is 1.03 bits per heavy atom. The second kappa shape index (κ2) is 9.51. The molecule has 1 unspecified atom stereocenters. The maximum Gasteiger partial charge on any atom is 0.251 e. The number of hydrogen-bond donors (Lipinski definition) is 2. The maximum absolute atomic E-state index is 12.8. The molecule has 8 nitrogen and oxygen atoms in total. The van der Waals surface area contributed by atoms with Gasteiger partial charge in [0.2, 0.25) is 16.8 Å². The van der Waals surface area contributed by atoms with Crippen LogP contribution in [0.2, 0.25) is 0 Å². The fraction of sp³-hybridized carbons (Fsp3) is 0.208. The standard InChI is InChI=1S/C24H24N2O6S/c1-16(20-8-3-4-9-21(20)30-2)26-24(27)18-6-5-7-19(13-18)33(28,29)25-14-17-10-11-22-23(12-17)32-15-31-22/h3-13,16,25H,14-15H2,1-2H3,(H,26,27). The molecule has 1 aliphatic rings. The maximum atomic E-state index is 12.8. The predicted molar refractivity (Wildman–Crippen MR) is 122 cm³/mol. The van der Waals surface area contributed by atoms with E-state index in [0.29, 0.717) is 17.2 Å². The van der Waals surface area contributed by atoms with E-state index in [-0.39, 0.29) is 35.7 Å². The molecule has 0 aliphatic carbocycles. The molecule has 0 saturated carbocycles. The molecule has 2 N–H and O–H groups in total. The normalized spacial score (nSPS) is 13.4. The fourth-order valence-corrected chi connectivity index (χ4v) is 4.56. The Labute approximate surface area is 192 Å². The van der Waals surface area contributed by atoms with Crippen molar-refractivity contribution in [3.8, 4) is 17.2 Å². The van der Waals surface area contributed by atoms with E-state index in [0.717, 1.165) is 11.1 Å². The van der Waals surface area contributed by atoms with Crippen LogP contribution >= 0.6 is 0 Å². The molecule has 1 atom stereocenters. The van der Waals surface area contributed by atoms with Crippen molar-refractivity contribution in [1.29, 1.82) is 0 Å². The number of benzene rings is 3. The van der Waals surface area contributed by atoms with Gasteiger partial charge in [-0.15, -0.1) is 0 Å². The number of rotatable bonds is 8. The highest BCUT2D eigenvalue weighted by Gasteiger charge is 2.19. The van der Waals surface area contributed by atoms with Crippen LogP contribution in [-0.4, -0.2) is 28.2 Å². The molecule has 33 heavy (non-hydrogen) atoms. The molecule has 0 spiro atoms. The zero-order chi connectivity index (χ0) is 23.4. The molecule has 0 fully saturated rings. The third-order valence-corrected chi connectivity index (χ3v) is 6.66. The monoisotopic (exact) mass is 468 g/mol. The van der Waals surface area contributed by atoms with Crippen LogP contribution in [-0.2, 0) is 16.6 Å². The van der Waals surface area contributed by atoms with E-state index in [4.69, 9.17) is 14.2 Å². The van der Waals surface area contributed by atoms with Gasteiger partial charge in [0.25, 0.3) is 5.91 Å². The number of methoxy groups -OCH3 is 1. The van der Waals surface area contributed by atoms with E-state index in [1.807, 2.05) is 31.2 Å². The molecule has 9 heteroatoms. The Morgan fingerprint density at radius 2 is 1.82 bits per heavy atom. The van der Waals surface area contributed by atoms with Crippen molar-refractivity contribution in [1.82, 2.24) is 10.0 Å². The van der Waals surface area contributed by atoms with Crippen molar-refractivity contribution < 1.29 is 27.4 Å². The average molecular weight is 469 g/mol. The first-order chi connectivity index (χ1) is 15.9. The number of amides is 1. The molecule has 4 rings (SSSR count). The summed E-state index contributed by atoms with van der Waals surface area (Å²) in [5.74, 6) is 1.48. The van der Waals surface area contributed by atoms with Crippen LogP contribution in [0.3, 0.4) is 0 Å². The Balaban J connectivity index is 1.45. The molecular weight excluding hydrogens is 444 g/mol. The van der Waals surface area contributed by atoms with Gasteiger partial charge < -0.3 is 19.5 Å². The highest BCUT2D eigenvalue weighted by atomic mass is 32.2. The van der Waals surface area contributed by atoms with Crippen LogP contribution in [0.15, 0.2) is 71.6 Å². The lowest BCUT2D eigenvalue weighted by atomic mass is 10.1. The zero-order valence-corrected chi connectivity index (χ0v) is 19.0. The van der Waals surface area contributed by atoms with Crippen molar-refractivity contribution in [2.75, 3.05) is 13.9 Å². The van der Waals surface area contributed by atoms with Gasteiger partial charge in [0.1, 0.15) is 5.75 Å². The van der Waals surface area contributed by atoms with E-state index in [1.54, 1.807) is 31.4 Å². The molecule has 1 amide bonds. The van der Waals surface area contributed by atoms with Gasteiger partial charge >= 0.3 is 0 Å². The van der Waals surface area contributed by atoms with Gasteiger partial charge in [-0.3, -0.25) is 4.79 Å². The average Bonchev–Trinajstić information content (AvgIpc) is 3.31. The van der Waals surface area contributed by atoms with Crippen molar-refractivity contribution in [2.24, 2.45) is 0 Å². The third kappa shape index (κ3) is 5.10. The quantitative estimate of drug-likeness (QED) is 0.525. The lowest BCUT2D eigenvalue weighted by Crippen LogP contribution is -2.28. The van der Waals surface area contributed by atoms with Crippen LogP contribution in [0.5, 0.6) is 17.2 Å². The first kappa shape index (κ1) is 22.6. The number of hydrogen-bond acceptors (Lipinski definition) is 6. The summed E-state index contributed by atoms with van der Waals surface area (Å²) >= 11 is 0. The molecule has 3 aromatic carbocycles. The summed E-state index contributed by atoms with van der Waals surface area (Å²) in [4.78, 5) is 12.8. The van der Waals surface area contributed by atoms with Crippen LogP contribution < -0.4 is 24.2 Å². The Hall–Kier alpha value is -3.56. The van der Waals surface area contributed by atoms with Crippen molar-refractivity contribution in [2.45, 2.75) is 24.4 Å². The summed E-state index contributed by atoms with van der Waals surface area (Å²) in [6, 6.07) is 18.2. The summed E-state index contributed by atoms with van der Waals surface area (Å²) in [5, 5.41) is 2.89. The van der Waals surface area contributed by atoms with Crippen LogP contribution in [0.25, 0.3) is 0 Å². The van der Waals surface area contributed by atoms with Crippen molar-refractivity contribution in [3.63, 3.8) is 0 Å². The minimum Gasteiger partial charge on any atom is -0.496 e. The molecule has 0 bridgehead atoms. The SMILES string of the molecule is COc1ccccc1C(C)NC(=O)c1cccc(S(=O)(=O)NCc2ccc3c(c2)OCO3)c1. The van der Waals surface area contributed by atoms with E-state index in [2.05, 4.69) is 10.0 Å². The largest absolute Gasteiger partial charge is 0.496 e. The predicted octanol–water partition coefficient (Wildman–Crippen LogP) is 3.39. The minimum atomic E-state index is -3.84. The summed E-state index contributed by atoms with van der Waals surface area (Å²) in [6.07, 6.45) is 0. The molecular formula is C24H24N2O6S. The first-order valence-corrected chi connectivity index (χ1v) is 11.8. The number of fused-ring (bicyclic) bond motifs is 1. The molecule has 172 valence electrons. The van der Waals surface area contributed by atoms with Gasteiger partial charge in [0.15, 0.2) is 11.5 Å². The molecule has 1 heterocycles. The zero-order valence-electron chi connectivity index (χ0n) is 18.2. The smallest absolute Gasteiger partial charge is 0.251 e. The van der Waals surface area contributed by atoms with Crippen LogP contribution in [0.4, 0.5) is 0 Å². The number of ether oxygens (including phenoxy) is 3. The van der Waals surface area contributed by atoms with Gasteiger partial charge in [-0.25, -0.2) is 13.1 Å². The number of para-hydroxylation sites is 1.